The first-order valence-corrected chi connectivity index (χ1v) is 6.41. The molecular weight excluding hydrogens is 270 g/mol. The molecule has 0 fully saturated rings. The highest BCUT2D eigenvalue weighted by Gasteiger charge is 2.14. The number of phenols is 2. The van der Waals surface area contributed by atoms with Crippen molar-refractivity contribution in [2.45, 2.75) is 6.54 Å². The van der Waals surface area contributed by atoms with Gasteiger partial charge in [-0.3, -0.25) is 4.79 Å². The largest absolute Gasteiger partial charge is 0.504 e. The third-order valence-electron chi connectivity index (χ3n) is 3.12. The number of hydrogen-bond acceptors (Lipinski definition) is 4. The van der Waals surface area contributed by atoms with Crippen molar-refractivity contribution in [1.29, 1.82) is 0 Å². The molecule has 0 heterocycles. The number of rotatable bonds is 4. The zero-order chi connectivity index (χ0) is 15.4. The van der Waals surface area contributed by atoms with Crippen molar-refractivity contribution in [1.82, 2.24) is 4.90 Å². The summed E-state index contributed by atoms with van der Waals surface area (Å²) in [6, 6.07) is 11.5. The first-order valence-electron chi connectivity index (χ1n) is 6.41. The van der Waals surface area contributed by atoms with Gasteiger partial charge in [0.2, 0.25) is 0 Å². The molecule has 0 aliphatic carbocycles. The molecule has 2 aromatic rings. The topological polar surface area (TPSA) is 70.0 Å². The van der Waals surface area contributed by atoms with Crippen LogP contribution in [-0.2, 0) is 6.54 Å². The van der Waals surface area contributed by atoms with Crippen LogP contribution in [0.25, 0.3) is 0 Å². The monoisotopic (exact) mass is 287 g/mol. The van der Waals surface area contributed by atoms with Crippen LogP contribution < -0.4 is 4.74 Å². The lowest BCUT2D eigenvalue weighted by Gasteiger charge is -2.18. The van der Waals surface area contributed by atoms with Gasteiger partial charge in [-0.2, -0.15) is 0 Å². The van der Waals surface area contributed by atoms with E-state index in [9.17, 15) is 15.0 Å². The third kappa shape index (κ3) is 3.45. The average molecular weight is 287 g/mol. The van der Waals surface area contributed by atoms with E-state index in [1.54, 1.807) is 14.2 Å². The lowest BCUT2D eigenvalue weighted by atomic mass is 10.1. The summed E-state index contributed by atoms with van der Waals surface area (Å²) in [5.41, 5.74) is 1.25. The van der Waals surface area contributed by atoms with E-state index in [1.807, 2.05) is 24.3 Å². The lowest BCUT2D eigenvalue weighted by molar-refractivity contribution is 0.0784. The Morgan fingerprint density at radius 1 is 1.14 bits per heavy atom. The van der Waals surface area contributed by atoms with E-state index in [0.717, 1.165) is 11.3 Å². The second-order valence-electron chi connectivity index (χ2n) is 4.72. The van der Waals surface area contributed by atoms with Gasteiger partial charge in [-0.15, -0.1) is 0 Å². The predicted molar refractivity (Wildman–Crippen MR) is 78.6 cm³/mol. The Balaban J connectivity index is 2.13. The molecule has 5 nitrogen and oxygen atoms in total. The second kappa shape index (κ2) is 6.17. The van der Waals surface area contributed by atoms with E-state index >= 15 is 0 Å². The number of nitrogens with zero attached hydrogens (tertiary/aromatic N) is 1. The summed E-state index contributed by atoms with van der Waals surface area (Å²) >= 11 is 0. The minimum atomic E-state index is -0.310. The molecule has 0 aliphatic heterocycles. The molecule has 0 atom stereocenters. The van der Waals surface area contributed by atoms with Gasteiger partial charge in [-0.25, -0.2) is 0 Å². The first-order chi connectivity index (χ1) is 10.0. The van der Waals surface area contributed by atoms with Crippen LogP contribution in [0.1, 0.15) is 15.9 Å². The standard InChI is InChI=1S/C16H17NO4/c1-17(10-11-4-3-5-13(8-11)21-2)16(20)12-6-7-14(18)15(19)9-12/h3-9,18-19H,10H2,1-2H3. The maximum Gasteiger partial charge on any atom is 0.254 e. The smallest absolute Gasteiger partial charge is 0.254 e. The van der Waals surface area contributed by atoms with Crippen LogP contribution in [0, 0.1) is 0 Å². The van der Waals surface area contributed by atoms with Gasteiger partial charge in [0, 0.05) is 19.2 Å². The van der Waals surface area contributed by atoms with Crippen LogP contribution in [0.15, 0.2) is 42.5 Å². The molecule has 0 bridgehead atoms. The molecule has 2 aromatic carbocycles. The number of amides is 1. The van der Waals surface area contributed by atoms with Crippen LogP contribution in [0.5, 0.6) is 17.2 Å². The average Bonchev–Trinajstić information content (AvgIpc) is 2.49. The highest BCUT2D eigenvalue weighted by Crippen LogP contribution is 2.25. The Morgan fingerprint density at radius 2 is 1.90 bits per heavy atom. The van der Waals surface area contributed by atoms with Crippen molar-refractivity contribution < 1.29 is 19.7 Å². The van der Waals surface area contributed by atoms with E-state index in [1.165, 1.54) is 23.1 Å². The molecule has 0 saturated heterocycles. The number of benzene rings is 2. The zero-order valence-corrected chi connectivity index (χ0v) is 11.9. The van der Waals surface area contributed by atoms with E-state index in [2.05, 4.69) is 0 Å². The van der Waals surface area contributed by atoms with Crippen LogP contribution in [0.3, 0.4) is 0 Å². The fourth-order valence-corrected chi connectivity index (χ4v) is 1.99. The number of hydrogen-bond donors (Lipinski definition) is 2. The summed E-state index contributed by atoms with van der Waals surface area (Å²) < 4.78 is 5.15. The highest BCUT2D eigenvalue weighted by atomic mass is 16.5. The molecule has 2 rings (SSSR count). The molecular formula is C16H17NO4. The van der Waals surface area contributed by atoms with E-state index < -0.39 is 0 Å². The molecule has 21 heavy (non-hydrogen) atoms. The predicted octanol–water partition coefficient (Wildman–Crippen LogP) is 2.38. The van der Waals surface area contributed by atoms with Crippen LogP contribution >= 0.6 is 0 Å². The Kier molecular flexibility index (Phi) is 4.33. The Hall–Kier alpha value is -2.69. The van der Waals surface area contributed by atoms with Crippen molar-refractivity contribution in [3.63, 3.8) is 0 Å². The summed E-state index contributed by atoms with van der Waals surface area (Å²) in [7, 11) is 3.26. The Labute approximate surface area is 123 Å². The molecule has 5 heteroatoms. The Morgan fingerprint density at radius 3 is 2.57 bits per heavy atom. The van der Waals surface area contributed by atoms with Crippen molar-refractivity contribution in [3.8, 4) is 17.2 Å². The minimum Gasteiger partial charge on any atom is -0.504 e. The van der Waals surface area contributed by atoms with Crippen molar-refractivity contribution in [2.24, 2.45) is 0 Å². The van der Waals surface area contributed by atoms with Crippen molar-refractivity contribution in [3.05, 3.63) is 53.6 Å². The van der Waals surface area contributed by atoms with Gasteiger partial charge >= 0.3 is 0 Å². The maximum atomic E-state index is 12.3. The normalized spacial score (nSPS) is 10.2. The third-order valence-corrected chi connectivity index (χ3v) is 3.12. The van der Waals surface area contributed by atoms with E-state index in [0.29, 0.717) is 12.1 Å². The number of ether oxygens (including phenoxy) is 1. The van der Waals surface area contributed by atoms with Gasteiger partial charge in [0.05, 0.1) is 7.11 Å². The van der Waals surface area contributed by atoms with Gasteiger partial charge in [-0.1, -0.05) is 12.1 Å². The minimum absolute atomic E-state index is 0.242. The van der Waals surface area contributed by atoms with E-state index in [-0.39, 0.29) is 17.4 Å². The fraction of sp³-hybridized carbons (Fsp3) is 0.188. The second-order valence-corrected chi connectivity index (χ2v) is 4.72. The van der Waals surface area contributed by atoms with Gasteiger partial charge < -0.3 is 19.8 Å². The quantitative estimate of drug-likeness (QED) is 0.847. The van der Waals surface area contributed by atoms with Gasteiger partial charge in [0.25, 0.3) is 5.91 Å². The van der Waals surface area contributed by atoms with Crippen molar-refractivity contribution >= 4 is 5.91 Å². The fourth-order valence-electron chi connectivity index (χ4n) is 1.99. The Bertz CT molecular complexity index is 654. The molecule has 110 valence electrons. The summed E-state index contributed by atoms with van der Waals surface area (Å²) in [6.45, 7) is 0.414. The van der Waals surface area contributed by atoms with Crippen LogP contribution in [-0.4, -0.2) is 35.2 Å². The maximum absolute atomic E-state index is 12.3. The summed E-state index contributed by atoms with van der Waals surface area (Å²) in [4.78, 5) is 13.8. The number of carbonyl (C=O) groups excluding carboxylic acids is 1. The van der Waals surface area contributed by atoms with Crippen molar-refractivity contribution in [2.75, 3.05) is 14.2 Å². The number of methoxy groups -OCH3 is 1. The summed E-state index contributed by atoms with van der Waals surface area (Å²) in [5, 5.41) is 18.7. The molecule has 0 aliphatic rings. The van der Waals surface area contributed by atoms with Crippen LogP contribution in [0.2, 0.25) is 0 Å². The van der Waals surface area contributed by atoms with Gasteiger partial charge in [0.1, 0.15) is 5.75 Å². The number of carbonyl (C=O) groups is 1. The molecule has 0 unspecified atom stereocenters. The van der Waals surface area contributed by atoms with Crippen LogP contribution in [0.4, 0.5) is 0 Å². The zero-order valence-electron chi connectivity index (χ0n) is 11.9. The van der Waals surface area contributed by atoms with Gasteiger partial charge in [-0.05, 0) is 35.9 Å². The molecule has 0 radical (unpaired) electrons. The highest BCUT2D eigenvalue weighted by molar-refractivity contribution is 5.94. The number of aromatic hydroxyl groups is 2. The number of phenolic OH excluding ortho intramolecular Hbond substituents is 2. The summed E-state index contributed by atoms with van der Waals surface area (Å²) in [5.74, 6) is -0.0682. The SMILES string of the molecule is COc1cccc(CN(C)C(=O)c2ccc(O)c(O)c2)c1. The van der Waals surface area contributed by atoms with E-state index in [4.69, 9.17) is 4.74 Å². The van der Waals surface area contributed by atoms with Gasteiger partial charge in [0.15, 0.2) is 11.5 Å². The molecule has 2 N–H and O–H groups in total. The lowest BCUT2D eigenvalue weighted by Crippen LogP contribution is -2.26. The molecule has 1 amide bonds. The first kappa shape index (κ1) is 14.7. The summed E-state index contributed by atoms with van der Waals surface area (Å²) in [6.07, 6.45) is 0. The molecule has 0 saturated carbocycles. The molecule has 0 aromatic heterocycles. The molecule has 0 spiro atoms.